The molecule has 0 aliphatic heterocycles. The van der Waals surface area contributed by atoms with Crippen molar-refractivity contribution in [1.29, 1.82) is 0 Å². The molecule has 0 heterocycles. The van der Waals surface area contributed by atoms with E-state index in [0.29, 0.717) is 0 Å². The number of hydrogen-bond acceptors (Lipinski definition) is 3. The fraction of sp³-hybridized carbons (Fsp3) is 0.364. The highest BCUT2D eigenvalue weighted by molar-refractivity contribution is 5.97. The van der Waals surface area contributed by atoms with E-state index < -0.39 is 0 Å². The van der Waals surface area contributed by atoms with Crippen LogP contribution in [0, 0.1) is 0 Å². The molecule has 27 heavy (non-hydrogen) atoms. The third kappa shape index (κ3) is 5.58. The van der Waals surface area contributed by atoms with Crippen LogP contribution in [0.25, 0.3) is 0 Å². The van der Waals surface area contributed by atoms with E-state index in [-0.39, 0.29) is 24.4 Å². The van der Waals surface area contributed by atoms with Crippen LogP contribution in [-0.4, -0.2) is 31.4 Å². The molecule has 2 amide bonds. The van der Waals surface area contributed by atoms with Crippen molar-refractivity contribution in [1.82, 2.24) is 5.32 Å². The van der Waals surface area contributed by atoms with Gasteiger partial charge in [0, 0.05) is 31.4 Å². The molecule has 1 unspecified atom stereocenters. The standard InChI is InChI=1S/C22H29N3O2/c1-5-24(6-2)20-12-14-21(15-13-20)25(18(4)26)16-22(27)23-17(3)19-10-8-7-9-11-19/h7-15,17H,5-6,16H2,1-4H3,(H,23,27). The number of rotatable bonds is 8. The van der Waals surface area contributed by atoms with E-state index in [2.05, 4.69) is 24.1 Å². The average molecular weight is 367 g/mol. The van der Waals surface area contributed by atoms with Gasteiger partial charge in [0.15, 0.2) is 0 Å². The first-order valence-corrected chi connectivity index (χ1v) is 9.43. The van der Waals surface area contributed by atoms with Gasteiger partial charge in [-0.25, -0.2) is 0 Å². The third-order valence-corrected chi connectivity index (χ3v) is 4.65. The first kappa shape index (κ1) is 20.5. The predicted molar refractivity (Wildman–Crippen MR) is 111 cm³/mol. The Labute approximate surface area is 162 Å². The smallest absolute Gasteiger partial charge is 0.240 e. The molecule has 0 aliphatic rings. The van der Waals surface area contributed by atoms with Crippen molar-refractivity contribution in [2.45, 2.75) is 33.7 Å². The summed E-state index contributed by atoms with van der Waals surface area (Å²) < 4.78 is 0. The summed E-state index contributed by atoms with van der Waals surface area (Å²) in [5.74, 6) is -0.345. The molecule has 0 aromatic heterocycles. The van der Waals surface area contributed by atoms with E-state index in [4.69, 9.17) is 0 Å². The van der Waals surface area contributed by atoms with Gasteiger partial charge in [-0.1, -0.05) is 30.3 Å². The van der Waals surface area contributed by atoms with Gasteiger partial charge in [-0.05, 0) is 50.6 Å². The first-order chi connectivity index (χ1) is 13.0. The molecule has 0 spiro atoms. The lowest BCUT2D eigenvalue weighted by atomic mass is 10.1. The molecular weight excluding hydrogens is 338 g/mol. The Bertz CT molecular complexity index is 740. The Morgan fingerprint density at radius 2 is 1.48 bits per heavy atom. The van der Waals surface area contributed by atoms with E-state index in [1.54, 1.807) is 0 Å². The van der Waals surface area contributed by atoms with Gasteiger partial charge < -0.3 is 15.1 Å². The molecule has 2 rings (SSSR count). The van der Waals surface area contributed by atoms with E-state index >= 15 is 0 Å². The van der Waals surface area contributed by atoms with Gasteiger partial charge in [-0.2, -0.15) is 0 Å². The predicted octanol–water partition coefficient (Wildman–Crippen LogP) is 3.76. The van der Waals surface area contributed by atoms with Gasteiger partial charge in [0.2, 0.25) is 11.8 Å². The van der Waals surface area contributed by atoms with Crippen molar-refractivity contribution in [3.8, 4) is 0 Å². The quantitative estimate of drug-likeness (QED) is 0.773. The molecule has 5 heteroatoms. The molecule has 0 saturated heterocycles. The van der Waals surface area contributed by atoms with Crippen molar-refractivity contribution in [3.63, 3.8) is 0 Å². The topological polar surface area (TPSA) is 52.6 Å². The van der Waals surface area contributed by atoms with Gasteiger partial charge in [0.1, 0.15) is 6.54 Å². The first-order valence-electron chi connectivity index (χ1n) is 9.43. The molecule has 0 fully saturated rings. The Hall–Kier alpha value is -2.82. The summed E-state index contributed by atoms with van der Waals surface area (Å²) in [4.78, 5) is 28.3. The Balaban J connectivity index is 2.06. The van der Waals surface area contributed by atoms with E-state index in [1.165, 1.54) is 11.8 Å². The zero-order valence-corrected chi connectivity index (χ0v) is 16.6. The summed E-state index contributed by atoms with van der Waals surface area (Å²) in [7, 11) is 0. The molecule has 0 aliphatic carbocycles. The fourth-order valence-electron chi connectivity index (χ4n) is 3.07. The summed E-state index contributed by atoms with van der Waals surface area (Å²) >= 11 is 0. The molecule has 2 aromatic rings. The average Bonchev–Trinajstić information content (AvgIpc) is 2.68. The van der Waals surface area contributed by atoms with Crippen molar-refractivity contribution in [2.24, 2.45) is 0 Å². The van der Waals surface area contributed by atoms with E-state index in [9.17, 15) is 9.59 Å². The van der Waals surface area contributed by atoms with Crippen molar-refractivity contribution in [2.75, 3.05) is 29.4 Å². The maximum atomic E-state index is 12.5. The summed E-state index contributed by atoms with van der Waals surface area (Å²) in [5, 5.41) is 2.96. The Morgan fingerprint density at radius 3 is 2.00 bits per heavy atom. The minimum Gasteiger partial charge on any atom is -0.372 e. The minimum atomic E-state index is -0.186. The van der Waals surface area contributed by atoms with Crippen LogP contribution in [0.3, 0.4) is 0 Å². The zero-order chi connectivity index (χ0) is 19.8. The Morgan fingerprint density at radius 1 is 0.926 bits per heavy atom. The summed E-state index contributed by atoms with van der Waals surface area (Å²) in [5.41, 5.74) is 2.86. The lowest BCUT2D eigenvalue weighted by molar-refractivity contribution is -0.123. The van der Waals surface area contributed by atoms with Crippen LogP contribution in [-0.2, 0) is 9.59 Å². The Kier molecular flexibility index (Phi) is 7.41. The second-order valence-corrected chi connectivity index (χ2v) is 6.49. The maximum absolute atomic E-state index is 12.5. The molecule has 0 radical (unpaired) electrons. The van der Waals surface area contributed by atoms with Crippen LogP contribution in [0.15, 0.2) is 54.6 Å². The van der Waals surface area contributed by atoms with Crippen molar-refractivity contribution >= 4 is 23.2 Å². The monoisotopic (exact) mass is 367 g/mol. The lowest BCUT2D eigenvalue weighted by Gasteiger charge is -2.24. The molecule has 1 N–H and O–H groups in total. The van der Waals surface area contributed by atoms with Crippen LogP contribution >= 0.6 is 0 Å². The molecule has 2 aromatic carbocycles. The van der Waals surface area contributed by atoms with Gasteiger partial charge in [0.25, 0.3) is 0 Å². The fourth-order valence-corrected chi connectivity index (χ4v) is 3.07. The van der Waals surface area contributed by atoms with Crippen LogP contribution in [0.4, 0.5) is 11.4 Å². The summed E-state index contributed by atoms with van der Waals surface area (Å²) in [6.45, 7) is 9.47. The highest BCUT2D eigenvalue weighted by Gasteiger charge is 2.18. The van der Waals surface area contributed by atoms with Crippen molar-refractivity contribution in [3.05, 3.63) is 60.2 Å². The van der Waals surface area contributed by atoms with Crippen LogP contribution in [0.2, 0.25) is 0 Å². The summed E-state index contributed by atoms with van der Waals surface area (Å²) in [6.07, 6.45) is 0. The number of nitrogens with one attached hydrogen (secondary N) is 1. The minimum absolute atomic E-state index is 0.00285. The number of carbonyl (C=O) groups is 2. The van der Waals surface area contributed by atoms with Gasteiger partial charge in [-0.15, -0.1) is 0 Å². The summed E-state index contributed by atoms with van der Waals surface area (Å²) in [6, 6.07) is 17.4. The second-order valence-electron chi connectivity index (χ2n) is 6.49. The van der Waals surface area contributed by atoms with Gasteiger partial charge in [-0.3, -0.25) is 9.59 Å². The van der Waals surface area contributed by atoms with E-state index in [0.717, 1.165) is 30.0 Å². The van der Waals surface area contributed by atoms with Crippen LogP contribution < -0.4 is 15.1 Å². The number of amides is 2. The van der Waals surface area contributed by atoms with E-state index in [1.807, 2.05) is 61.5 Å². The molecule has 5 nitrogen and oxygen atoms in total. The number of benzene rings is 2. The maximum Gasteiger partial charge on any atom is 0.240 e. The number of anilines is 2. The normalized spacial score (nSPS) is 11.6. The highest BCUT2D eigenvalue weighted by atomic mass is 16.2. The zero-order valence-electron chi connectivity index (χ0n) is 16.6. The largest absolute Gasteiger partial charge is 0.372 e. The molecule has 0 bridgehead atoms. The van der Waals surface area contributed by atoms with Crippen LogP contribution in [0.5, 0.6) is 0 Å². The third-order valence-electron chi connectivity index (χ3n) is 4.65. The van der Waals surface area contributed by atoms with Gasteiger partial charge >= 0.3 is 0 Å². The second kappa shape index (κ2) is 9.76. The molecule has 1 atom stereocenters. The van der Waals surface area contributed by atoms with Gasteiger partial charge in [0.05, 0.1) is 6.04 Å². The number of carbonyl (C=O) groups excluding carboxylic acids is 2. The number of nitrogens with zero attached hydrogens (tertiary/aromatic N) is 2. The lowest BCUT2D eigenvalue weighted by Crippen LogP contribution is -2.40. The molecular formula is C22H29N3O2. The SMILES string of the molecule is CCN(CC)c1ccc(N(CC(=O)NC(C)c2ccccc2)C(C)=O)cc1. The highest BCUT2D eigenvalue weighted by Crippen LogP contribution is 2.21. The molecule has 0 saturated carbocycles. The number of hydrogen-bond donors (Lipinski definition) is 1. The van der Waals surface area contributed by atoms with Crippen molar-refractivity contribution < 1.29 is 9.59 Å². The molecule has 144 valence electrons. The van der Waals surface area contributed by atoms with Crippen LogP contribution in [0.1, 0.15) is 39.3 Å².